The van der Waals surface area contributed by atoms with Gasteiger partial charge in [-0.3, -0.25) is 0 Å². The molecule has 0 unspecified atom stereocenters. The molecule has 5 aromatic rings. The number of halogens is 3. The van der Waals surface area contributed by atoms with Crippen LogP contribution in [0.1, 0.15) is 39.3 Å². The lowest BCUT2D eigenvalue weighted by Gasteiger charge is -2.12. The molecule has 210 valence electrons. The number of imidazole rings is 1. The van der Waals surface area contributed by atoms with E-state index < -0.39 is 23.4 Å². The Morgan fingerprint density at radius 3 is 2.49 bits per heavy atom. The number of nitrogens with zero attached hydrogens (tertiary/aromatic N) is 3. The van der Waals surface area contributed by atoms with Crippen molar-refractivity contribution >= 4 is 17.0 Å². The lowest BCUT2D eigenvalue weighted by Crippen LogP contribution is -2.08. The molecule has 0 aliphatic heterocycles. The Kier molecular flexibility index (Phi) is 8.02. The summed E-state index contributed by atoms with van der Waals surface area (Å²) in [5.74, 6) is -2.36. The second-order valence-corrected chi connectivity index (χ2v) is 9.61. The average Bonchev–Trinajstić information content (AvgIpc) is 3.29. The van der Waals surface area contributed by atoms with E-state index in [0.29, 0.717) is 35.4 Å². The van der Waals surface area contributed by atoms with Gasteiger partial charge in [0.25, 0.3) is 0 Å². The number of pyridine rings is 1. The second kappa shape index (κ2) is 11.8. The Hall–Kier alpha value is -4.70. The first-order valence-corrected chi connectivity index (χ1v) is 12.9. The number of fused-ring (bicyclic) bond motifs is 1. The number of carbonyl (C=O) groups is 1. The molecule has 5 rings (SSSR count). The molecule has 2 N–H and O–H groups in total. The van der Waals surface area contributed by atoms with E-state index in [9.17, 15) is 19.4 Å². The highest BCUT2D eigenvalue weighted by molar-refractivity contribution is 5.92. The molecular formula is C31H26F3N3O4. The number of hydrogen-bond acceptors (Lipinski definition) is 5. The fourth-order valence-corrected chi connectivity index (χ4v) is 4.58. The number of ether oxygens (including phenoxy) is 1. The molecule has 7 nitrogen and oxygen atoms in total. The molecule has 2 aromatic heterocycles. The molecule has 0 spiro atoms. The summed E-state index contributed by atoms with van der Waals surface area (Å²) in [7, 11) is 0. The molecule has 0 radical (unpaired) electrons. The Bertz CT molecular complexity index is 1750. The molecule has 2 heterocycles. The van der Waals surface area contributed by atoms with Gasteiger partial charge in [0.15, 0.2) is 0 Å². The Labute approximate surface area is 233 Å². The molecule has 41 heavy (non-hydrogen) atoms. The summed E-state index contributed by atoms with van der Waals surface area (Å²) in [5, 5.41) is 18.7. The van der Waals surface area contributed by atoms with Gasteiger partial charge in [-0.15, -0.1) is 0 Å². The number of carboxylic acids is 1. The lowest BCUT2D eigenvalue weighted by atomic mass is 10.0. The molecule has 0 saturated heterocycles. The van der Waals surface area contributed by atoms with Crippen molar-refractivity contribution in [2.75, 3.05) is 6.61 Å². The Balaban J connectivity index is 1.41. The number of hydrogen-bond donors (Lipinski definition) is 2. The van der Waals surface area contributed by atoms with Crippen LogP contribution in [-0.4, -0.2) is 37.3 Å². The SMILES string of the molecule is Cc1ccc(COc2cccc(-c3cc(F)c(Cc4nc5ccc(C(=O)O)cc5n4CCCO)cc3F)n2)c(F)c1. The molecule has 0 atom stereocenters. The van der Waals surface area contributed by atoms with Gasteiger partial charge in [0, 0.05) is 36.8 Å². The van der Waals surface area contributed by atoms with Crippen LogP contribution < -0.4 is 4.74 Å². The van der Waals surface area contributed by atoms with Crippen molar-refractivity contribution in [2.24, 2.45) is 0 Å². The van der Waals surface area contributed by atoms with Crippen LogP contribution >= 0.6 is 0 Å². The van der Waals surface area contributed by atoms with E-state index >= 15 is 8.78 Å². The lowest BCUT2D eigenvalue weighted by molar-refractivity contribution is 0.0697. The second-order valence-electron chi connectivity index (χ2n) is 9.61. The van der Waals surface area contributed by atoms with Crippen molar-refractivity contribution in [3.05, 3.63) is 112 Å². The molecule has 0 aliphatic rings. The van der Waals surface area contributed by atoms with Gasteiger partial charge < -0.3 is 19.5 Å². The summed E-state index contributed by atoms with van der Waals surface area (Å²) in [5.41, 5.74) is 2.34. The zero-order valence-electron chi connectivity index (χ0n) is 22.1. The number of aromatic carboxylic acids is 1. The van der Waals surface area contributed by atoms with E-state index in [-0.39, 0.29) is 47.9 Å². The van der Waals surface area contributed by atoms with Crippen LogP contribution in [0.2, 0.25) is 0 Å². The maximum atomic E-state index is 15.3. The monoisotopic (exact) mass is 561 g/mol. The van der Waals surface area contributed by atoms with E-state index in [1.165, 1.54) is 24.3 Å². The minimum Gasteiger partial charge on any atom is -0.478 e. The minimum absolute atomic E-state index is 0.0486. The van der Waals surface area contributed by atoms with Crippen LogP contribution in [0.5, 0.6) is 5.88 Å². The maximum absolute atomic E-state index is 15.3. The Morgan fingerprint density at radius 2 is 1.73 bits per heavy atom. The van der Waals surface area contributed by atoms with E-state index in [0.717, 1.165) is 17.7 Å². The van der Waals surface area contributed by atoms with Gasteiger partial charge in [0.1, 0.15) is 29.9 Å². The number of aliphatic hydroxyl groups is 1. The first-order valence-electron chi connectivity index (χ1n) is 12.9. The molecular weight excluding hydrogens is 535 g/mol. The van der Waals surface area contributed by atoms with Gasteiger partial charge in [0.2, 0.25) is 5.88 Å². The fourth-order valence-electron chi connectivity index (χ4n) is 4.58. The van der Waals surface area contributed by atoms with Crippen LogP contribution in [0.3, 0.4) is 0 Å². The number of aliphatic hydroxyl groups excluding tert-OH is 1. The highest BCUT2D eigenvalue weighted by atomic mass is 19.1. The van der Waals surface area contributed by atoms with E-state index in [2.05, 4.69) is 9.97 Å². The van der Waals surface area contributed by atoms with Gasteiger partial charge >= 0.3 is 5.97 Å². The predicted molar refractivity (Wildman–Crippen MR) is 146 cm³/mol. The average molecular weight is 562 g/mol. The highest BCUT2D eigenvalue weighted by Gasteiger charge is 2.18. The van der Waals surface area contributed by atoms with E-state index in [1.54, 1.807) is 41.8 Å². The van der Waals surface area contributed by atoms with Crippen molar-refractivity contribution in [1.82, 2.24) is 14.5 Å². The number of aromatic nitrogens is 3. The summed E-state index contributed by atoms with van der Waals surface area (Å²) in [6, 6.07) is 16.0. The van der Waals surface area contributed by atoms with Gasteiger partial charge in [-0.1, -0.05) is 18.2 Å². The number of benzene rings is 3. The summed E-state index contributed by atoms with van der Waals surface area (Å²) >= 11 is 0. The molecule has 0 fully saturated rings. The Morgan fingerprint density at radius 1 is 0.927 bits per heavy atom. The van der Waals surface area contributed by atoms with Crippen LogP contribution in [0.25, 0.3) is 22.3 Å². The van der Waals surface area contributed by atoms with Crippen molar-refractivity contribution in [2.45, 2.75) is 32.9 Å². The normalized spacial score (nSPS) is 11.2. The minimum atomic E-state index is -1.10. The molecule has 10 heteroatoms. The highest BCUT2D eigenvalue weighted by Crippen LogP contribution is 2.28. The number of carboxylic acid groups (broad SMARTS) is 1. The zero-order chi connectivity index (χ0) is 29.1. The zero-order valence-corrected chi connectivity index (χ0v) is 22.1. The summed E-state index contributed by atoms with van der Waals surface area (Å²) in [6.07, 6.45) is 0.302. The van der Waals surface area contributed by atoms with E-state index in [4.69, 9.17) is 4.74 Å². The molecule has 0 saturated carbocycles. The summed E-state index contributed by atoms with van der Waals surface area (Å²) in [6.45, 7) is 1.91. The van der Waals surface area contributed by atoms with E-state index in [1.807, 2.05) is 0 Å². The quantitative estimate of drug-likeness (QED) is 0.215. The van der Waals surface area contributed by atoms with Crippen molar-refractivity contribution in [3.8, 4) is 17.1 Å². The third-order valence-electron chi connectivity index (χ3n) is 6.68. The predicted octanol–water partition coefficient (Wildman–Crippen LogP) is 6.07. The number of rotatable bonds is 10. The molecule has 3 aromatic carbocycles. The summed E-state index contributed by atoms with van der Waals surface area (Å²) < 4.78 is 52.1. The first-order chi connectivity index (χ1) is 19.7. The van der Waals surface area contributed by atoms with Gasteiger partial charge in [-0.2, -0.15) is 0 Å². The number of aryl methyl sites for hydroxylation is 2. The van der Waals surface area contributed by atoms with Crippen LogP contribution in [0.15, 0.2) is 66.7 Å². The van der Waals surface area contributed by atoms with Crippen molar-refractivity contribution < 1.29 is 32.9 Å². The van der Waals surface area contributed by atoms with Gasteiger partial charge in [-0.25, -0.2) is 27.9 Å². The van der Waals surface area contributed by atoms with Gasteiger partial charge in [0.05, 0.1) is 22.3 Å². The smallest absolute Gasteiger partial charge is 0.335 e. The maximum Gasteiger partial charge on any atom is 0.335 e. The van der Waals surface area contributed by atoms with Crippen LogP contribution in [0.4, 0.5) is 13.2 Å². The van der Waals surface area contributed by atoms with Crippen LogP contribution in [-0.2, 0) is 19.6 Å². The third kappa shape index (κ3) is 6.07. The molecule has 0 amide bonds. The molecule has 0 aliphatic carbocycles. The van der Waals surface area contributed by atoms with Crippen molar-refractivity contribution in [1.29, 1.82) is 0 Å². The molecule has 0 bridgehead atoms. The first kappa shape index (κ1) is 27.9. The fraction of sp³-hybridized carbons (Fsp3) is 0.194. The third-order valence-corrected chi connectivity index (χ3v) is 6.68. The largest absolute Gasteiger partial charge is 0.478 e. The standard InChI is InChI=1S/C31H26F3N3O4/c1-18-6-7-20(23(32)12-18)17-41-30-5-2-4-26(36-30)22-16-24(33)21(13-25(22)34)15-29-35-27-9-8-19(31(39)40)14-28(27)37(29)10-3-11-38/h2,4-9,12-14,16,38H,3,10-11,15,17H2,1H3,(H,39,40). The van der Waals surface area contributed by atoms with Crippen LogP contribution in [0, 0.1) is 24.4 Å². The topological polar surface area (TPSA) is 97.5 Å². The van der Waals surface area contributed by atoms with Gasteiger partial charge in [-0.05, 0) is 66.9 Å². The van der Waals surface area contributed by atoms with Crippen molar-refractivity contribution in [3.63, 3.8) is 0 Å². The summed E-state index contributed by atoms with van der Waals surface area (Å²) in [4.78, 5) is 20.3.